The molecule has 0 amide bonds. The smallest absolute Gasteiger partial charge is 0.0416 e. The standard InChI is InChI=1S/C12H18BrN/c1-8(2)9(3)5-11-6-10(4)12(13)7-14-11/h6-9H,5H2,1-4H3/t9-/m0/s1. The molecule has 0 aliphatic rings. The lowest BCUT2D eigenvalue weighted by atomic mass is 9.93. The monoisotopic (exact) mass is 255 g/mol. The number of hydrogen-bond acceptors (Lipinski definition) is 1. The van der Waals surface area contributed by atoms with Crippen LogP contribution in [0.3, 0.4) is 0 Å². The summed E-state index contributed by atoms with van der Waals surface area (Å²) >= 11 is 3.46. The van der Waals surface area contributed by atoms with Crippen LogP contribution in [-0.4, -0.2) is 4.98 Å². The number of hydrogen-bond donors (Lipinski definition) is 0. The fraction of sp³-hybridized carbons (Fsp3) is 0.583. The third-order valence-electron chi connectivity index (χ3n) is 2.77. The average molecular weight is 256 g/mol. The number of halogens is 1. The first-order chi connectivity index (χ1) is 6.50. The molecular formula is C12H18BrN. The van der Waals surface area contributed by atoms with Gasteiger partial charge in [-0.15, -0.1) is 0 Å². The van der Waals surface area contributed by atoms with Crippen LogP contribution in [0.2, 0.25) is 0 Å². The molecule has 0 spiro atoms. The Morgan fingerprint density at radius 2 is 2.00 bits per heavy atom. The van der Waals surface area contributed by atoms with E-state index in [2.05, 4.69) is 54.7 Å². The Kier molecular flexibility index (Phi) is 4.11. The van der Waals surface area contributed by atoms with Gasteiger partial charge in [0.1, 0.15) is 0 Å². The zero-order valence-corrected chi connectivity index (χ0v) is 10.9. The molecule has 1 rings (SSSR count). The Labute approximate surface area is 95.1 Å². The second-order valence-electron chi connectivity index (χ2n) is 4.35. The van der Waals surface area contributed by atoms with Crippen molar-refractivity contribution in [3.8, 4) is 0 Å². The zero-order valence-electron chi connectivity index (χ0n) is 9.34. The molecule has 0 N–H and O–H groups in total. The van der Waals surface area contributed by atoms with Crippen LogP contribution in [0.1, 0.15) is 32.0 Å². The molecule has 0 saturated carbocycles. The second-order valence-corrected chi connectivity index (χ2v) is 5.20. The van der Waals surface area contributed by atoms with Crippen molar-refractivity contribution in [2.75, 3.05) is 0 Å². The van der Waals surface area contributed by atoms with E-state index in [0.717, 1.165) is 16.8 Å². The van der Waals surface area contributed by atoms with Gasteiger partial charge in [-0.1, -0.05) is 20.8 Å². The van der Waals surface area contributed by atoms with Crippen molar-refractivity contribution in [3.63, 3.8) is 0 Å². The Bertz CT molecular complexity index is 307. The van der Waals surface area contributed by atoms with E-state index in [1.807, 2.05) is 6.20 Å². The van der Waals surface area contributed by atoms with Crippen LogP contribution < -0.4 is 0 Å². The van der Waals surface area contributed by atoms with Gasteiger partial charge >= 0.3 is 0 Å². The molecule has 0 unspecified atom stereocenters. The predicted octanol–water partition coefficient (Wildman–Crippen LogP) is 3.99. The highest BCUT2D eigenvalue weighted by molar-refractivity contribution is 9.10. The van der Waals surface area contributed by atoms with Crippen LogP contribution in [0.5, 0.6) is 0 Å². The topological polar surface area (TPSA) is 12.9 Å². The third-order valence-corrected chi connectivity index (χ3v) is 3.60. The van der Waals surface area contributed by atoms with E-state index >= 15 is 0 Å². The van der Waals surface area contributed by atoms with Crippen molar-refractivity contribution in [1.29, 1.82) is 0 Å². The van der Waals surface area contributed by atoms with Crippen molar-refractivity contribution in [2.45, 2.75) is 34.1 Å². The van der Waals surface area contributed by atoms with Gasteiger partial charge in [-0.25, -0.2) is 0 Å². The fourth-order valence-corrected chi connectivity index (χ4v) is 1.49. The van der Waals surface area contributed by atoms with Crippen molar-refractivity contribution < 1.29 is 0 Å². The Morgan fingerprint density at radius 3 is 2.50 bits per heavy atom. The summed E-state index contributed by atoms with van der Waals surface area (Å²) in [6.07, 6.45) is 2.98. The number of nitrogens with zero attached hydrogens (tertiary/aromatic N) is 1. The van der Waals surface area contributed by atoms with Crippen LogP contribution in [0, 0.1) is 18.8 Å². The van der Waals surface area contributed by atoms with Crippen molar-refractivity contribution in [2.24, 2.45) is 11.8 Å². The van der Waals surface area contributed by atoms with Gasteiger partial charge in [-0.2, -0.15) is 0 Å². The summed E-state index contributed by atoms with van der Waals surface area (Å²) in [5.41, 5.74) is 2.47. The predicted molar refractivity (Wildman–Crippen MR) is 64.4 cm³/mol. The van der Waals surface area contributed by atoms with Crippen LogP contribution in [-0.2, 0) is 6.42 Å². The van der Waals surface area contributed by atoms with E-state index in [1.165, 1.54) is 11.3 Å². The average Bonchev–Trinajstić information content (AvgIpc) is 2.11. The molecule has 0 aromatic carbocycles. The first-order valence-corrected chi connectivity index (χ1v) is 5.91. The number of aromatic nitrogens is 1. The highest BCUT2D eigenvalue weighted by atomic mass is 79.9. The molecule has 0 radical (unpaired) electrons. The SMILES string of the molecule is Cc1cc(C[C@H](C)C(C)C)ncc1Br. The van der Waals surface area contributed by atoms with Gasteiger partial charge < -0.3 is 0 Å². The zero-order chi connectivity index (χ0) is 10.7. The Hall–Kier alpha value is -0.370. The van der Waals surface area contributed by atoms with Gasteiger partial charge in [0.05, 0.1) is 0 Å². The molecule has 1 aromatic heterocycles. The summed E-state index contributed by atoms with van der Waals surface area (Å²) in [6.45, 7) is 8.91. The summed E-state index contributed by atoms with van der Waals surface area (Å²) in [7, 11) is 0. The molecule has 0 aliphatic heterocycles. The van der Waals surface area contributed by atoms with Gasteiger partial charge in [0.2, 0.25) is 0 Å². The van der Waals surface area contributed by atoms with Crippen molar-refractivity contribution in [1.82, 2.24) is 4.98 Å². The summed E-state index contributed by atoms with van der Waals surface area (Å²) in [4.78, 5) is 4.41. The quantitative estimate of drug-likeness (QED) is 0.796. The van der Waals surface area contributed by atoms with Gasteiger partial charge in [0.25, 0.3) is 0 Å². The molecule has 1 atom stereocenters. The lowest BCUT2D eigenvalue weighted by Gasteiger charge is -2.15. The first kappa shape index (κ1) is 11.7. The molecular weight excluding hydrogens is 238 g/mol. The normalized spacial score (nSPS) is 13.3. The van der Waals surface area contributed by atoms with E-state index in [4.69, 9.17) is 0 Å². The Morgan fingerprint density at radius 1 is 1.36 bits per heavy atom. The van der Waals surface area contributed by atoms with E-state index < -0.39 is 0 Å². The maximum Gasteiger partial charge on any atom is 0.0416 e. The highest BCUT2D eigenvalue weighted by Gasteiger charge is 2.09. The minimum Gasteiger partial charge on any atom is -0.260 e. The Balaban J connectivity index is 2.73. The minimum atomic E-state index is 0.697. The number of rotatable bonds is 3. The first-order valence-electron chi connectivity index (χ1n) is 5.11. The molecule has 0 bridgehead atoms. The number of pyridine rings is 1. The molecule has 0 aliphatic carbocycles. The molecule has 78 valence electrons. The van der Waals surface area contributed by atoms with E-state index in [-0.39, 0.29) is 0 Å². The maximum atomic E-state index is 4.41. The molecule has 14 heavy (non-hydrogen) atoms. The van der Waals surface area contributed by atoms with Crippen molar-refractivity contribution >= 4 is 15.9 Å². The van der Waals surface area contributed by atoms with E-state index in [0.29, 0.717) is 5.92 Å². The molecule has 0 fully saturated rings. The lowest BCUT2D eigenvalue weighted by Crippen LogP contribution is -2.08. The van der Waals surface area contributed by atoms with Gasteiger partial charge in [-0.05, 0) is 52.7 Å². The molecule has 1 aromatic rings. The van der Waals surface area contributed by atoms with Crippen LogP contribution >= 0.6 is 15.9 Å². The van der Waals surface area contributed by atoms with E-state index in [1.54, 1.807) is 0 Å². The van der Waals surface area contributed by atoms with Crippen LogP contribution in [0.15, 0.2) is 16.7 Å². The number of aryl methyl sites for hydroxylation is 1. The summed E-state index contributed by atoms with van der Waals surface area (Å²) in [5.74, 6) is 1.42. The van der Waals surface area contributed by atoms with Gasteiger partial charge in [0.15, 0.2) is 0 Å². The van der Waals surface area contributed by atoms with Gasteiger partial charge in [-0.3, -0.25) is 4.98 Å². The molecule has 0 saturated heterocycles. The van der Waals surface area contributed by atoms with Gasteiger partial charge in [0, 0.05) is 16.4 Å². The molecule has 1 heterocycles. The van der Waals surface area contributed by atoms with E-state index in [9.17, 15) is 0 Å². The van der Waals surface area contributed by atoms with Crippen LogP contribution in [0.25, 0.3) is 0 Å². The lowest BCUT2D eigenvalue weighted by molar-refractivity contribution is 0.413. The molecule has 2 heteroatoms. The second kappa shape index (κ2) is 4.92. The summed E-state index contributed by atoms with van der Waals surface area (Å²) in [5, 5.41) is 0. The minimum absolute atomic E-state index is 0.697. The largest absolute Gasteiger partial charge is 0.260 e. The molecule has 1 nitrogen and oxygen atoms in total. The third kappa shape index (κ3) is 3.09. The summed E-state index contributed by atoms with van der Waals surface area (Å²) < 4.78 is 1.10. The highest BCUT2D eigenvalue weighted by Crippen LogP contribution is 2.19. The van der Waals surface area contributed by atoms with Crippen LogP contribution in [0.4, 0.5) is 0 Å². The maximum absolute atomic E-state index is 4.41. The van der Waals surface area contributed by atoms with Crippen molar-refractivity contribution in [3.05, 3.63) is 28.0 Å². The fourth-order valence-electron chi connectivity index (χ4n) is 1.27. The summed E-state index contributed by atoms with van der Waals surface area (Å²) in [6, 6.07) is 2.17.